The van der Waals surface area contributed by atoms with Gasteiger partial charge in [0.2, 0.25) is 0 Å². The number of carbonyl (C=O) groups is 3. The summed E-state index contributed by atoms with van der Waals surface area (Å²) in [6, 6.07) is 0. The SMILES string of the molecule is O=C([O-])[O-].O=C([O-])[O-].O=C([O-])[O-].[Ca+2].[Ca+2].[H+].[H+]. The first-order valence-corrected chi connectivity index (χ1v) is 1.84. The van der Waals surface area contributed by atoms with Crippen LogP contribution in [0.25, 0.3) is 0 Å². The van der Waals surface area contributed by atoms with Crippen LogP contribution in [0.2, 0.25) is 0 Å². The summed E-state index contributed by atoms with van der Waals surface area (Å²) in [5.74, 6) is 0. The van der Waals surface area contributed by atoms with Crippen LogP contribution < -0.4 is 30.6 Å². The molecule has 0 radical (unpaired) electrons. The Bertz CT molecular complexity index is 124. The molecule has 9 nitrogen and oxygen atoms in total. The third-order valence-corrected chi connectivity index (χ3v) is 0. The average Bonchev–Trinajstić information content (AvgIpc) is 1.54. The number of hydrogen-bond donors (Lipinski definition) is 0. The van der Waals surface area contributed by atoms with Crippen molar-refractivity contribution in [3.63, 3.8) is 0 Å². The summed E-state index contributed by atoms with van der Waals surface area (Å²) in [5.41, 5.74) is 0. The van der Waals surface area contributed by atoms with Crippen LogP contribution in [0.15, 0.2) is 0 Å². The number of carbonyl (C=O) groups excluding carboxylic acids is 3. The molecule has 0 aliphatic carbocycles. The van der Waals surface area contributed by atoms with Crippen molar-refractivity contribution in [2.45, 2.75) is 0 Å². The molecular formula is C3H2Ca2O9. The predicted molar refractivity (Wildman–Crippen MR) is 29.9 cm³/mol. The van der Waals surface area contributed by atoms with Gasteiger partial charge < -0.3 is 45.0 Å². The van der Waals surface area contributed by atoms with E-state index in [1.807, 2.05) is 0 Å². The van der Waals surface area contributed by atoms with E-state index in [-0.39, 0.29) is 78.3 Å². The number of hydrogen-bond acceptors (Lipinski definition) is 9. The van der Waals surface area contributed by atoms with Gasteiger partial charge in [0.25, 0.3) is 0 Å². The summed E-state index contributed by atoms with van der Waals surface area (Å²) in [4.78, 5) is 25.0. The van der Waals surface area contributed by atoms with E-state index in [2.05, 4.69) is 0 Å². The van der Waals surface area contributed by atoms with Crippen molar-refractivity contribution in [2.24, 2.45) is 0 Å². The molecule has 14 heavy (non-hydrogen) atoms. The third kappa shape index (κ3) is 14600. The summed E-state index contributed by atoms with van der Waals surface area (Å²) < 4.78 is 0. The quantitative estimate of drug-likeness (QED) is 0.381. The van der Waals surface area contributed by atoms with E-state index in [0.717, 1.165) is 0 Å². The second kappa shape index (κ2) is 23.3. The van der Waals surface area contributed by atoms with Gasteiger partial charge in [0, 0.05) is 0 Å². The fourth-order valence-corrected chi connectivity index (χ4v) is 0. The van der Waals surface area contributed by atoms with Gasteiger partial charge in [-0.15, -0.1) is 0 Å². The Balaban J connectivity index is -0.0000000135. The summed E-state index contributed by atoms with van der Waals surface area (Å²) in [7, 11) is 0. The summed E-state index contributed by atoms with van der Waals surface area (Å²) in [5, 5.41) is 50.0. The largest absolute Gasteiger partial charge is 2.00 e. The van der Waals surface area contributed by atoms with Gasteiger partial charge in [-0.25, -0.2) is 0 Å². The molecule has 0 saturated carbocycles. The van der Waals surface area contributed by atoms with Crippen LogP contribution >= 0.6 is 0 Å². The molecule has 0 heterocycles. The first-order valence-electron chi connectivity index (χ1n) is 1.84. The predicted octanol–water partition coefficient (Wildman–Crippen LogP) is -7.88. The molecular weight excluding hydrogens is 260 g/mol. The Morgan fingerprint density at radius 3 is 0.571 bits per heavy atom. The normalized spacial score (nSPS) is 5.14. The zero-order chi connectivity index (χ0) is 10.7. The molecule has 11 heteroatoms. The molecule has 0 aromatic heterocycles. The molecule has 0 saturated heterocycles. The second-order valence-electron chi connectivity index (χ2n) is 0.750. The first-order chi connectivity index (χ1) is 5.20. The monoisotopic (exact) mass is 262 g/mol. The summed E-state index contributed by atoms with van der Waals surface area (Å²) in [6.07, 6.45) is -7.00. The van der Waals surface area contributed by atoms with E-state index >= 15 is 0 Å². The molecule has 0 atom stereocenters. The fourth-order valence-electron chi connectivity index (χ4n) is 0. The van der Waals surface area contributed by atoms with Gasteiger partial charge in [0.15, 0.2) is 0 Å². The molecule has 0 aliphatic rings. The van der Waals surface area contributed by atoms with Crippen LogP contribution in [0.1, 0.15) is 2.85 Å². The summed E-state index contributed by atoms with van der Waals surface area (Å²) in [6.45, 7) is 0. The molecule has 72 valence electrons. The van der Waals surface area contributed by atoms with Gasteiger partial charge in [-0.05, 0) is 18.5 Å². The van der Waals surface area contributed by atoms with Crippen LogP contribution in [0, 0.1) is 0 Å². The van der Waals surface area contributed by atoms with Crippen LogP contribution in [0.5, 0.6) is 0 Å². The van der Waals surface area contributed by atoms with Gasteiger partial charge >= 0.3 is 78.3 Å². The summed E-state index contributed by atoms with van der Waals surface area (Å²) >= 11 is 0. The zero-order valence-corrected chi connectivity index (χ0v) is 11.0. The van der Waals surface area contributed by atoms with Crippen LogP contribution in [-0.2, 0) is 0 Å². The standard InChI is InChI=1S/3CH2O3.2Ca/c3*2-1(3)4;;/h3*(H2,2,3,4);;/q;;;2*+2/p-4. The molecule has 0 aromatic rings. The Hall–Kier alpha value is 0.329. The van der Waals surface area contributed by atoms with Gasteiger partial charge in [-0.3, -0.25) is 0 Å². The van der Waals surface area contributed by atoms with Crippen LogP contribution in [0.3, 0.4) is 0 Å². The van der Waals surface area contributed by atoms with Crippen molar-refractivity contribution in [1.29, 1.82) is 0 Å². The molecule has 0 spiro atoms. The Labute approximate surface area is 140 Å². The van der Waals surface area contributed by atoms with E-state index in [1.165, 1.54) is 0 Å². The Morgan fingerprint density at radius 2 is 0.571 bits per heavy atom. The van der Waals surface area contributed by atoms with Crippen molar-refractivity contribution < 1.29 is 47.9 Å². The van der Waals surface area contributed by atoms with E-state index in [0.29, 0.717) is 0 Å². The number of rotatable bonds is 0. The fraction of sp³-hybridized carbons (Fsp3) is 0. The topological polar surface area (TPSA) is 190 Å². The van der Waals surface area contributed by atoms with Crippen molar-refractivity contribution in [3.8, 4) is 0 Å². The maximum Gasteiger partial charge on any atom is 2.00 e. The minimum absolute atomic E-state index is 0. The van der Waals surface area contributed by atoms with E-state index in [4.69, 9.17) is 45.0 Å². The van der Waals surface area contributed by atoms with Gasteiger partial charge in [0.05, 0.1) is 0 Å². The Morgan fingerprint density at radius 1 is 0.571 bits per heavy atom. The average molecular weight is 262 g/mol. The molecule has 0 rings (SSSR count). The molecule has 0 aliphatic heterocycles. The minimum atomic E-state index is -2.33. The van der Waals surface area contributed by atoms with E-state index in [1.54, 1.807) is 0 Å². The minimum Gasteiger partial charge on any atom is -0.652 e. The number of carboxylic acid groups (broad SMARTS) is 6. The van der Waals surface area contributed by atoms with E-state index < -0.39 is 18.5 Å². The van der Waals surface area contributed by atoms with Gasteiger partial charge in [0.1, 0.15) is 0 Å². The van der Waals surface area contributed by atoms with Crippen molar-refractivity contribution in [3.05, 3.63) is 0 Å². The maximum atomic E-state index is 8.33. The van der Waals surface area contributed by atoms with Gasteiger partial charge in [-0.2, -0.15) is 0 Å². The van der Waals surface area contributed by atoms with Crippen molar-refractivity contribution in [2.75, 3.05) is 0 Å². The van der Waals surface area contributed by atoms with Gasteiger partial charge in [-0.1, -0.05) is 0 Å². The third-order valence-electron chi connectivity index (χ3n) is 0. The molecule has 0 unspecified atom stereocenters. The van der Waals surface area contributed by atoms with Crippen LogP contribution in [0.4, 0.5) is 14.4 Å². The van der Waals surface area contributed by atoms with Crippen LogP contribution in [-0.4, -0.2) is 93.9 Å². The van der Waals surface area contributed by atoms with Crippen molar-refractivity contribution >= 4 is 93.9 Å². The van der Waals surface area contributed by atoms with E-state index in [9.17, 15) is 0 Å². The zero-order valence-electron chi connectivity index (χ0n) is 8.59. The Kier molecular flexibility index (Phi) is 48.6. The second-order valence-corrected chi connectivity index (χ2v) is 0.750. The molecule has 0 fully saturated rings. The molecule has 0 bridgehead atoms. The first kappa shape index (κ1) is 29.3. The maximum absolute atomic E-state index is 8.33. The smallest absolute Gasteiger partial charge is 0.652 e. The molecule has 0 amide bonds. The molecule has 0 N–H and O–H groups in total. The molecule has 0 aromatic carbocycles. The van der Waals surface area contributed by atoms with Crippen molar-refractivity contribution in [1.82, 2.24) is 0 Å².